The van der Waals surface area contributed by atoms with Crippen molar-refractivity contribution in [2.75, 3.05) is 6.61 Å². The van der Waals surface area contributed by atoms with Gasteiger partial charge in [0.1, 0.15) is 18.2 Å². The Labute approximate surface area is 148 Å². The lowest BCUT2D eigenvalue weighted by molar-refractivity contribution is -0.0459. The normalized spacial score (nSPS) is 23.8. The number of aromatic amines is 1. The number of rotatable bonds is 4. The van der Waals surface area contributed by atoms with Crippen molar-refractivity contribution in [2.45, 2.75) is 31.8 Å². The molecule has 1 aromatic carbocycles. The lowest BCUT2D eigenvalue weighted by atomic mass is 10.0. The zero-order valence-corrected chi connectivity index (χ0v) is 14.1. The number of halogens is 1. The molecule has 3 N–H and O–H groups in total. The first-order valence-corrected chi connectivity index (χ1v) is 8.14. The first-order valence-electron chi connectivity index (χ1n) is 8.14. The van der Waals surface area contributed by atoms with Crippen molar-refractivity contribution < 1.29 is 19.3 Å². The number of benzene rings is 1. The van der Waals surface area contributed by atoms with Gasteiger partial charge in [-0.05, 0) is 18.1 Å². The van der Waals surface area contributed by atoms with Crippen molar-refractivity contribution in [1.82, 2.24) is 9.55 Å². The Morgan fingerprint density at radius 2 is 2.04 bits per heavy atom. The number of hydrogen-bond donors (Lipinski definition) is 3. The Hall–Kier alpha value is -2.55. The molecule has 26 heavy (non-hydrogen) atoms. The molecule has 1 saturated heterocycles. The van der Waals surface area contributed by atoms with Crippen molar-refractivity contribution in [2.24, 2.45) is 0 Å². The standard InChI is InChI=1S/C18H19FN2O5/c1-10(11-5-3-2-4-6-11)16(19)12-8-21(18(25)20-17(12)24)15-7-13(23)14(9-22)26-15/h2-6,8,13-15,22-23H,7,9H2,1H3,(H,20,24,25)/b16-10+/t13-,14+,15+/m0/s1. The van der Waals surface area contributed by atoms with Gasteiger partial charge in [0, 0.05) is 12.6 Å². The summed E-state index contributed by atoms with van der Waals surface area (Å²) in [5.74, 6) is -0.761. The zero-order chi connectivity index (χ0) is 18.8. The van der Waals surface area contributed by atoms with Crippen LogP contribution in [0.1, 0.15) is 30.7 Å². The smallest absolute Gasteiger partial charge is 0.330 e. The summed E-state index contributed by atoms with van der Waals surface area (Å²) in [6, 6.07) is 8.71. The van der Waals surface area contributed by atoms with Crippen LogP contribution in [0.3, 0.4) is 0 Å². The maximum Gasteiger partial charge on any atom is 0.330 e. The van der Waals surface area contributed by atoms with Gasteiger partial charge in [0.2, 0.25) is 0 Å². The summed E-state index contributed by atoms with van der Waals surface area (Å²) in [4.78, 5) is 26.3. The van der Waals surface area contributed by atoms with Crippen LogP contribution in [-0.2, 0) is 4.74 Å². The first kappa shape index (κ1) is 18.2. The minimum absolute atomic E-state index is 0.0413. The van der Waals surface area contributed by atoms with E-state index in [1.807, 2.05) is 0 Å². The summed E-state index contributed by atoms with van der Waals surface area (Å²) in [6.45, 7) is 1.13. The first-order chi connectivity index (χ1) is 12.4. The van der Waals surface area contributed by atoms with Gasteiger partial charge >= 0.3 is 5.69 Å². The molecule has 3 rings (SSSR count). The number of allylic oxidation sites excluding steroid dienone is 1. The lowest BCUT2D eigenvalue weighted by Crippen LogP contribution is -2.34. The van der Waals surface area contributed by atoms with Crippen LogP contribution in [0.25, 0.3) is 11.4 Å². The molecule has 1 aliphatic rings. The monoisotopic (exact) mass is 362 g/mol. The Balaban J connectivity index is 2.04. The molecule has 0 bridgehead atoms. The van der Waals surface area contributed by atoms with E-state index in [-0.39, 0.29) is 17.6 Å². The number of H-pyrrole nitrogens is 1. The van der Waals surface area contributed by atoms with Gasteiger partial charge in [-0.1, -0.05) is 30.3 Å². The van der Waals surface area contributed by atoms with Gasteiger partial charge in [-0.2, -0.15) is 0 Å². The molecule has 0 unspecified atom stereocenters. The van der Waals surface area contributed by atoms with Crippen LogP contribution in [-0.4, -0.2) is 38.6 Å². The largest absolute Gasteiger partial charge is 0.394 e. The Morgan fingerprint density at radius 1 is 1.35 bits per heavy atom. The highest BCUT2D eigenvalue weighted by molar-refractivity contribution is 5.85. The molecule has 0 aliphatic carbocycles. The predicted octanol–water partition coefficient (Wildman–Crippen LogP) is 1.03. The third kappa shape index (κ3) is 3.39. The van der Waals surface area contributed by atoms with Crippen molar-refractivity contribution in [1.29, 1.82) is 0 Å². The number of aliphatic hydroxyl groups excluding tert-OH is 2. The van der Waals surface area contributed by atoms with Gasteiger partial charge in [-0.3, -0.25) is 14.3 Å². The fourth-order valence-corrected chi connectivity index (χ4v) is 2.92. The molecular formula is C18H19FN2O5. The molecule has 0 amide bonds. The third-order valence-corrected chi connectivity index (χ3v) is 4.43. The summed E-state index contributed by atoms with van der Waals surface area (Å²) in [7, 11) is 0. The quantitative estimate of drug-likeness (QED) is 0.754. The highest BCUT2D eigenvalue weighted by Gasteiger charge is 2.35. The summed E-state index contributed by atoms with van der Waals surface area (Å²) in [5.41, 5.74) is -1.08. The molecule has 8 heteroatoms. The van der Waals surface area contributed by atoms with Crippen molar-refractivity contribution in [3.8, 4) is 0 Å². The van der Waals surface area contributed by atoms with Crippen molar-refractivity contribution >= 4 is 11.4 Å². The Kier molecular flexibility index (Phi) is 5.17. The maximum absolute atomic E-state index is 14.9. The van der Waals surface area contributed by atoms with Crippen LogP contribution in [0.15, 0.2) is 46.1 Å². The zero-order valence-electron chi connectivity index (χ0n) is 14.1. The van der Waals surface area contributed by atoms with Gasteiger partial charge in [0.15, 0.2) is 0 Å². The number of hydrogen-bond acceptors (Lipinski definition) is 5. The SMILES string of the molecule is C/C(=C(\F)c1cn([C@H]2C[C@H](O)[C@@H](CO)O2)c(=O)[nH]c1=O)c1ccccc1. The van der Waals surface area contributed by atoms with Crippen LogP contribution in [0.5, 0.6) is 0 Å². The molecule has 1 fully saturated rings. The number of nitrogens with zero attached hydrogens (tertiary/aromatic N) is 1. The maximum atomic E-state index is 14.9. The molecule has 1 aliphatic heterocycles. The third-order valence-electron chi connectivity index (χ3n) is 4.43. The van der Waals surface area contributed by atoms with E-state index in [2.05, 4.69) is 4.98 Å². The molecule has 0 saturated carbocycles. The van der Waals surface area contributed by atoms with E-state index in [0.717, 1.165) is 10.8 Å². The van der Waals surface area contributed by atoms with Gasteiger partial charge in [0.05, 0.1) is 18.3 Å². The van der Waals surface area contributed by atoms with E-state index >= 15 is 0 Å². The van der Waals surface area contributed by atoms with E-state index in [9.17, 15) is 19.1 Å². The summed E-state index contributed by atoms with van der Waals surface area (Å²) < 4.78 is 21.3. The summed E-state index contributed by atoms with van der Waals surface area (Å²) >= 11 is 0. The second kappa shape index (κ2) is 7.36. The highest BCUT2D eigenvalue weighted by atomic mass is 19.1. The van der Waals surface area contributed by atoms with Crippen LogP contribution in [0.2, 0.25) is 0 Å². The van der Waals surface area contributed by atoms with E-state index in [1.165, 1.54) is 6.92 Å². The molecule has 0 radical (unpaired) electrons. The molecular weight excluding hydrogens is 343 g/mol. The van der Waals surface area contributed by atoms with Crippen LogP contribution in [0.4, 0.5) is 4.39 Å². The molecule has 3 atom stereocenters. The van der Waals surface area contributed by atoms with Crippen molar-refractivity contribution in [3.05, 3.63) is 68.5 Å². The fraction of sp³-hybridized carbons (Fsp3) is 0.333. The molecule has 2 aromatic rings. The molecule has 1 aromatic heterocycles. The second-order valence-electron chi connectivity index (χ2n) is 6.13. The summed E-state index contributed by atoms with van der Waals surface area (Å²) in [5, 5.41) is 19.0. The van der Waals surface area contributed by atoms with E-state index in [4.69, 9.17) is 9.84 Å². The van der Waals surface area contributed by atoms with E-state index in [1.54, 1.807) is 30.3 Å². The molecule has 7 nitrogen and oxygen atoms in total. The minimum atomic E-state index is -0.960. The highest BCUT2D eigenvalue weighted by Crippen LogP contribution is 2.29. The van der Waals surface area contributed by atoms with Gasteiger partial charge < -0.3 is 14.9 Å². The number of aliphatic hydroxyl groups is 2. The minimum Gasteiger partial charge on any atom is -0.394 e. The van der Waals surface area contributed by atoms with Gasteiger partial charge in [-0.25, -0.2) is 9.18 Å². The van der Waals surface area contributed by atoms with Gasteiger partial charge in [0.25, 0.3) is 5.56 Å². The second-order valence-corrected chi connectivity index (χ2v) is 6.13. The topological polar surface area (TPSA) is 105 Å². The molecule has 138 valence electrons. The fourth-order valence-electron chi connectivity index (χ4n) is 2.92. The van der Waals surface area contributed by atoms with E-state index in [0.29, 0.717) is 5.56 Å². The number of nitrogens with one attached hydrogen (secondary N) is 1. The average Bonchev–Trinajstić information content (AvgIpc) is 3.02. The molecule has 0 spiro atoms. The van der Waals surface area contributed by atoms with Crippen LogP contribution < -0.4 is 11.2 Å². The predicted molar refractivity (Wildman–Crippen MR) is 93.0 cm³/mol. The van der Waals surface area contributed by atoms with Crippen LogP contribution >= 0.6 is 0 Å². The van der Waals surface area contributed by atoms with Crippen LogP contribution in [0, 0.1) is 0 Å². The Bertz CT molecular complexity index is 935. The van der Waals surface area contributed by atoms with Crippen molar-refractivity contribution in [3.63, 3.8) is 0 Å². The number of ether oxygens (including phenoxy) is 1. The average molecular weight is 362 g/mol. The Morgan fingerprint density at radius 3 is 2.65 bits per heavy atom. The molecule has 2 heterocycles. The summed E-state index contributed by atoms with van der Waals surface area (Å²) in [6.07, 6.45) is -1.58. The van der Waals surface area contributed by atoms with Gasteiger partial charge in [-0.15, -0.1) is 0 Å². The van der Waals surface area contributed by atoms with E-state index < -0.39 is 42.1 Å². The number of aromatic nitrogens is 2. The lowest BCUT2D eigenvalue weighted by Gasteiger charge is -2.15.